The minimum atomic E-state index is -0.486. The molecule has 0 spiro atoms. The van der Waals surface area contributed by atoms with Crippen LogP contribution in [-0.4, -0.2) is 29.4 Å². The average Bonchev–Trinajstić information content (AvgIpc) is 3.04. The number of anilines is 1. The maximum Gasteiger partial charge on any atom is 0.291 e. The van der Waals surface area contributed by atoms with E-state index in [4.69, 9.17) is 22.1 Å². The van der Waals surface area contributed by atoms with Crippen molar-refractivity contribution in [1.29, 1.82) is 0 Å². The van der Waals surface area contributed by atoms with Crippen LogP contribution in [0.2, 0.25) is 5.02 Å². The second-order valence-electron chi connectivity index (χ2n) is 5.34. The van der Waals surface area contributed by atoms with Gasteiger partial charge in [0, 0.05) is 10.6 Å². The molecule has 3 rings (SSSR count). The van der Waals surface area contributed by atoms with Gasteiger partial charge in [-0.25, -0.2) is 5.43 Å². The number of nitrogens with one attached hydrogen (secondary N) is 2. The van der Waals surface area contributed by atoms with E-state index < -0.39 is 5.91 Å². The summed E-state index contributed by atoms with van der Waals surface area (Å²) < 4.78 is 5.08. The van der Waals surface area contributed by atoms with Gasteiger partial charge in [-0.05, 0) is 42.0 Å². The fraction of sp³-hybridized carbons (Fsp3) is 0.0556. The molecule has 1 heterocycles. The van der Waals surface area contributed by atoms with Gasteiger partial charge in [0.1, 0.15) is 17.1 Å². The van der Waals surface area contributed by atoms with Gasteiger partial charge in [-0.2, -0.15) is 10.2 Å². The van der Waals surface area contributed by atoms with Gasteiger partial charge >= 0.3 is 0 Å². The molecule has 0 saturated heterocycles. The number of ether oxygens (including phenoxy) is 1. The van der Waals surface area contributed by atoms with E-state index in [1.807, 2.05) is 12.1 Å². The van der Waals surface area contributed by atoms with E-state index in [0.29, 0.717) is 10.7 Å². The fourth-order valence-electron chi connectivity index (χ4n) is 2.26. The number of methoxy groups -OCH3 is 1. The first kappa shape index (κ1) is 17.5. The predicted octanol–water partition coefficient (Wildman–Crippen LogP) is 3.08. The van der Waals surface area contributed by atoms with Gasteiger partial charge in [0.15, 0.2) is 0 Å². The van der Waals surface area contributed by atoms with Gasteiger partial charge < -0.3 is 10.5 Å². The van der Waals surface area contributed by atoms with E-state index in [2.05, 4.69) is 20.7 Å². The molecule has 1 amide bonds. The summed E-state index contributed by atoms with van der Waals surface area (Å²) >= 11 is 5.87. The lowest BCUT2D eigenvalue weighted by molar-refractivity contribution is 0.0951. The number of hydrogen-bond donors (Lipinski definition) is 3. The third-order valence-corrected chi connectivity index (χ3v) is 3.90. The van der Waals surface area contributed by atoms with Crippen LogP contribution in [0.1, 0.15) is 16.1 Å². The van der Waals surface area contributed by atoms with Gasteiger partial charge in [-0.3, -0.25) is 9.89 Å². The summed E-state index contributed by atoms with van der Waals surface area (Å²) in [6, 6.07) is 14.2. The van der Waals surface area contributed by atoms with Crippen molar-refractivity contribution in [3.63, 3.8) is 0 Å². The molecule has 0 fully saturated rings. The molecule has 0 saturated carbocycles. The van der Waals surface area contributed by atoms with Crippen molar-refractivity contribution in [2.75, 3.05) is 12.8 Å². The van der Waals surface area contributed by atoms with Crippen molar-refractivity contribution < 1.29 is 9.53 Å². The van der Waals surface area contributed by atoms with Crippen molar-refractivity contribution in [1.82, 2.24) is 15.6 Å². The Morgan fingerprint density at radius 2 is 1.92 bits per heavy atom. The number of carbonyl (C=O) groups excluding carboxylic acids is 1. The second-order valence-corrected chi connectivity index (χ2v) is 5.78. The monoisotopic (exact) mass is 369 g/mol. The highest BCUT2D eigenvalue weighted by molar-refractivity contribution is 6.30. The fourth-order valence-corrected chi connectivity index (χ4v) is 2.39. The summed E-state index contributed by atoms with van der Waals surface area (Å²) in [5.41, 5.74) is 10.9. The van der Waals surface area contributed by atoms with E-state index >= 15 is 0 Å². The van der Waals surface area contributed by atoms with E-state index in [1.165, 1.54) is 6.21 Å². The molecule has 0 atom stereocenters. The standard InChI is InChI=1S/C18H16ClN5O2/c1-26-14-8-2-11(3-9-14)10-21-24-18(25)17-15(20)16(22-23-17)12-4-6-13(19)7-5-12/h2-10H,20H2,1H3,(H,22,23)(H,24,25)/b21-10+. The lowest BCUT2D eigenvalue weighted by Gasteiger charge is -2.01. The Morgan fingerprint density at radius 3 is 2.58 bits per heavy atom. The topological polar surface area (TPSA) is 105 Å². The maximum atomic E-state index is 12.2. The highest BCUT2D eigenvalue weighted by Crippen LogP contribution is 2.27. The highest BCUT2D eigenvalue weighted by atomic mass is 35.5. The predicted molar refractivity (Wildman–Crippen MR) is 102 cm³/mol. The number of halogens is 1. The first-order chi connectivity index (χ1) is 12.6. The van der Waals surface area contributed by atoms with Crippen LogP contribution in [0.25, 0.3) is 11.3 Å². The Balaban J connectivity index is 1.70. The molecular weight excluding hydrogens is 354 g/mol. The maximum absolute atomic E-state index is 12.2. The molecule has 0 radical (unpaired) electrons. The molecule has 3 aromatic rings. The van der Waals surface area contributed by atoms with Crippen LogP contribution < -0.4 is 15.9 Å². The Labute approximate surface area is 154 Å². The zero-order chi connectivity index (χ0) is 18.5. The molecule has 0 aliphatic heterocycles. The van der Waals surface area contributed by atoms with Crippen LogP contribution in [0.15, 0.2) is 53.6 Å². The van der Waals surface area contributed by atoms with Crippen LogP contribution in [-0.2, 0) is 0 Å². The molecule has 26 heavy (non-hydrogen) atoms. The summed E-state index contributed by atoms with van der Waals surface area (Å²) in [4.78, 5) is 12.2. The molecule has 0 aliphatic rings. The van der Waals surface area contributed by atoms with Gasteiger partial charge in [-0.1, -0.05) is 23.7 Å². The third kappa shape index (κ3) is 3.84. The molecule has 7 nitrogen and oxygen atoms in total. The number of rotatable bonds is 5. The van der Waals surface area contributed by atoms with Crippen molar-refractivity contribution in [3.8, 4) is 17.0 Å². The lowest BCUT2D eigenvalue weighted by atomic mass is 10.1. The number of hydrazone groups is 1. The van der Waals surface area contributed by atoms with Gasteiger partial charge in [-0.15, -0.1) is 0 Å². The number of aromatic amines is 1. The highest BCUT2D eigenvalue weighted by Gasteiger charge is 2.17. The number of carbonyl (C=O) groups is 1. The minimum absolute atomic E-state index is 0.141. The van der Waals surface area contributed by atoms with E-state index in [9.17, 15) is 4.79 Å². The molecule has 0 bridgehead atoms. The number of benzene rings is 2. The molecule has 0 unspecified atom stereocenters. The number of nitrogens with zero attached hydrogens (tertiary/aromatic N) is 2. The SMILES string of the molecule is COc1ccc(/C=N/NC(=O)c2[nH]nc(-c3ccc(Cl)cc3)c2N)cc1. The largest absolute Gasteiger partial charge is 0.497 e. The van der Waals surface area contributed by atoms with Gasteiger partial charge in [0.2, 0.25) is 0 Å². The molecule has 132 valence electrons. The quantitative estimate of drug-likeness (QED) is 0.474. The number of nitrogen functional groups attached to an aromatic ring is 1. The first-order valence-electron chi connectivity index (χ1n) is 7.65. The van der Waals surface area contributed by atoms with E-state index in [-0.39, 0.29) is 11.4 Å². The number of amides is 1. The molecule has 1 aromatic heterocycles. The van der Waals surface area contributed by atoms with Crippen molar-refractivity contribution in [3.05, 3.63) is 64.8 Å². The van der Waals surface area contributed by atoms with Crippen LogP contribution in [0, 0.1) is 0 Å². The first-order valence-corrected chi connectivity index (χ1v) is 8.03. The summed E-state index contributed by atoms with van der Waals surface area (Å²) in [5, 5.41) is 11.3. The van der Waals surface area contributed by atoms with Crippen molar-refractivity contribution >= 4 is 29.4 Å². The summed E-state index contributed by atoms with van der Waals surface area (Å²) in [6.07, 6.45) is 1.52. The normalized spacial score (nSPS) is 10.8. The smallest absolute Gasteiger partial charge is 0.291 e. The van der Waals surface area contributed by atoms with E-state index in [1.54, 1.807) is 43.5 Å². The second kappa shape index (κ2) is 7.71. The average molecular weight is 370 g/mol. The van der Waals surface area contributed by atoms with Crippen LogP contribution >= 0.6 is 11.6 Å². The third-order valence-electron chi connectivity index (χ3n) is 3.64. The Morgan fingerprint density at radius 1 is 1.23 bits per heavy atom. The van der Waals surface area contributed by atoms with Gasteiger partial charge in [0.25, 0.3) is 5.91 Å². The zero-order valence-corrected chi connectivity index (χ0v) is 14.6. The number of hydrogen-bond acceptors (Lipinski definition) is 5. The van der Waals surface area contributed by atoms with Crippen molar-refractivity contribution in [2.24, 2.45) is 5.10 Å². The lowest BCUT2D eigenvalue weighted by Crippen LogP contribution is -2.19. The Bertz CT molecular complexity index is 933. The van der Waals surface area contributed by atoms with Crippen molar-refractivity contribution in [2.45, 2.75) is 0 Å². The summed E-state index contributed by atoms with van der Waals surface area (Å²) in [7, 11) is 1.59. The van der Waals surface area contributed by atoms with Crippen LogP contribution in [0.3, 0.4) is 0 Å². The van der Waals surface area contributed by atoms with Gasteiger partial charge in [0.05, 0.1) is 19.0 Å². The molecule has 4 N–H and O–H groups in total. The van der Waals surface area contributed by atoms with Crippen LogP contribution in [0.4, 0.5) is 5.69 Å². The molecular formula is C18H16ClN5O2. The Kier molecular flexibility index (Phi) is 5.19. The minimum Gasteiger partial charge on any atom is -0.497 e. The van der Waals surface area contributed by atoms with E-state index in [0.717, 1.165) is 16.9 Å². The molecule has 2 aromatic carbocycles. The number of aromatic nitrogens is 2. The zero-order valence-electron chi connectivity index (χ0n) is 13.9. The molecule has 8 heteroatoms. The number of nitrogens with two attached hydrogens (primary N) is 1. The summed E-state index contributed by atoms with van der Waals surface area (Å²) in [5.74, 6) is 0.256. The Hall–Kier alpha value is -3.32. The summed E-state index contributed by atoms with van der Waals surface area (Å²) in [6.45, 7) is 0. The van der Waals surface area contributed by atoms with Crippen LogP contribution in [0.5, 0.6) is 5.75 Å². The molecule has 0 aliphatic carbocycles. The number of H-pyrrole nitrogens is 1.